The molecule has 1 atom stereocenters. The summed E-state index contributed by atoms with van der Waals surface area (Å²) < 4.78 is 5.50. The van der Waals surface area contributed by atoms with Crippen molar-refractivity contribution in [3.8, 4) is 0 Å². The summed E-state index contributed by atoms with van der Waals surface area (Å²) in [6, 6.07) is 0. The molecule has 1 aliphatic heterocycles. The number of unbranched alkanes of at least 4 members (excludes halogenated alkanes) is 4. The van der Waals surface area contributed by atoms with Crippen LogP contribution in [0, 0.1) is 0 Å². The SMILES string of the molecule is CCCCCCC1(CCCC)COCN1. The van der Waals surface area contributed by atoms with Gasteiger partial charge in [0.05, 0.1) is 13.3 Å². The lowest BCUT2D eigenvalue weighted by atomic mass is 9.88. The zero-order chi connectivity index (χ0) is 11.0. The fourth-order valence-electron chi connectivity index (χ4n) is 2.35. The topological polar surface area (TPSA) is 21.3 Å². The summed E-state index contributed by atoms with van der Waals surface area (Å²) in [6.45, 7) is 6.22. The van der Waals surface area contributed by atoms with Crippen molar-refractivity contribution in [1.82, 2.24) is 5.32 Å². The molecule has 1 heterocycles. The van der Waals surface area contributed by atoms with Gasteiger partial charge in [-0.3, -0.25) is 5.32 Å². The molecule has 1 N–H and O–H groups in total. The summed E-state index contributed by atoms with van der Waals surface area (Å²) in [5.74, 6) is 0. The van der Waals surface area contributed by atoms with E-state index in [0.29, 0.717) is 5.54 Å². The monoisotopic (exact) mass is 213 g/mol. The fraction of sp³-hybridized carbons (Fsp3) is 1.00. The maximum Gasteiger partial charge on any atom is 0.0971 e. The summed E-state index contributed by atoms with van der Waals surface area (Å²) in [7, 11) is 0. The number of hydrogen-bond donors (Lipinski definition) is 1. The van der Waals surface area contributed by atoms with E-state index in [1.807, 2.05) is 0 Å². The van der Waals surface area contributed by atoms with E-state index in [1.54, 1.807) is 0 Å². The third-order valence-electron chi connectivity index (χ3n) is 3.45. The Labute approximate surface area is 94.8 Å². The Morgan fingerprint density at radius 1 is 1.00 bits per heavy atom. The molecule has 0 saturated carbocycles. The standard InChI is InChI=1S/C13H27NO/c1-3-5-7-8-10-13(9-6-4-2)11-15-12-14-13/h14H,3-12H2,1-2H3. The predicted molar refractivity (Wildman–Crippen MR) is 65.0 cm³/mol. The molecule has 0 radical (unpaired) electrons. The summed E-state index contributed by atoms with van der Waals surface area (Å²) in [5, 5.41) is 3.56. The second-order valence-electron chi connectivity index (χ2n) is 4.86. The summed E-state index contributed by atoms with van der Waals surface area (Å²) in [5.41, 5.74) is 0.323. The molecular weight excluding hydrogens is 186 g/mol. The second-order valence-corrected chi connectivity index (χ2v) is 4.86. The lowest BCUT2D eigenvalue weighted by Gasteiger charge is -2.27. The molecule has 0 amide bonds. The largest absolute Gasteiger partial charge is 0.364 e. The normalized spacial score (nSPS) is 26.0. The molecule has 1 saturated heterocycles. The Hall–Kier alpha value is -0.0800. The van der Waals surface area contributed by atoms with Gasteiger partial charge in [0.15, 0.2) is 0 Å². The van der Waals surface area contributed by atoms with Gasteiger partial charge in [0, 0.05) is 5.54 Å². The van der Waals surface area contributed by atoms with E-state index in [2.05, 4.69) is 19.2 Å². The minimum atomic E-state index is 0.323. The lowest BCUT2D eigenvalue weighted by molar-refractivity contribution is 0.169. The van der Waals surface area contributed by atoms with E-state index in [4.69, 9.17) is 4.74 Å². The molecule has 1 fully saturated rings. The van der Waals surface area contributed by atoms with Gasteiger partial charge in [-0.15, -0.1) is 0 Å². The Morgan fingerprint density at radius 2 is 1.73 bits per heavy atom. The van der Waals surface area contributed by atoms with Gasteiger partial charge < -0.3 is 4.74 Å². The molecule has 90 valence electrons. The quantitative estimate of drug-likeness (QED) is 0.623. The number of rotatable bonds is 8. The minimum Gasteiger partial charge on any atom is -0.364 e. The van der Waals surface area contributed by atoms with Crippen LogP contribution < -0.4 is 5.32 Å². The molecule has 1 rings (SSSR count). The van der Waals surface area contributed by atoms with Gasteiger partial charge in [0.25, 0.3) is 0 Å². The van der Waals surface area contributed by atoms with Crippen LogP contribution in [0.4, 0.5) is 0 Å². The van der Waals surface area contributed by atoms with Crippen LogP contribution in [0.2, 0.25) is 0 Å². The predicted octanol–water partition coefficient (Wildman–Crippen LogP) is 3.46. The summed E-state index contributed by atoms with van der Waals surface area (Å²) in [6.07, 6.45) is 10.6. The van der Waals surface area contributed by atoms with Crippen LogP contribution in [-0.2, 0) is 4.74 Å². The number of ether oxygens (including phenoxy) is 1. The van der Waals surface area contributed by atoms with Gasteiger partial charge in [0.2, 0.25) is 0 Å². The second kappa shape index (κ2) is 7.24. The maximum absolute atomic E-state index is 5.50. The van der Waals surface area contributed by atoms with E-state index in [1.165, 1.54) is 51.4 Å². The van der Waals surface area contributed by atoms with E-state index < -0.39 is 0 Å². The van der Waals surface area contributed by atoms with Crippen molar-refractivity contribution in [2.24, 2.45) is 0 Å². The van der Waals surface area contributed by atoms with Gasteiger partial charge in [-0.05, 0) is 12.8 Å². The van der Waals surface area contributed by atoms with Gasteiger partial charge in [0.1, 0.15) is 0 Å². The van der Waals surface area contributed by atoms with Gasteiger partial charge in [-0.25, -0.2) is 0 Å². The van der Waals surface area contributed by atoms with Crippen LogP contribution >= 0.6 is 0 Å². The third kappa shape index (κ3) is 4.52. The first-order chi connectivity index (χ1) is 7.33. The first kappa shape index (κ1) is 13.0. The summed E-state index contributed by atoms with van der Waals surface area (Å²) >= 11 is 0. The average molecular weight is 213 g/mol. The molecule has 2 nitrogen and oxygen atoms in total. The molecular formula is C13H27NO. The zero-order valence-electron chi connectivity index (χ0n) is 10.5. The molecule has 1 unspecified atom stereocenters. The zero-order valence-corrected chi connectivity index (χ0v) is 10.5. The molecule has 0 aromatic heterocycles. The minimum absolute atomic E-state index is 0.323. The highest BCUT2D eigenvalue weighted by Crippen LogP contribution is 2.25. The maximum atomic E-state index is 5.50. The average Bonchev–Trinajstić information content (AvgIpc) is 2.71. The third-order valence-corrected chi connectivity index (χ3v) is 3.45. The van der Waals surface area contributed by atoms with Crippen molar-refractivity contribution in [2.75, 3.05) is 13.3 Å². The Kier molecular flexibility index (Phi) is 6.26. The first-order valence-corrected chi connectivity index (χ1v) is 6.66. The molecule has 0 bridgehead atoms. The number of hydrogen-bond acceptors (Lipinski definition) is 2. The van der Waals surface area contributed by atoms with Crippen LogP contribution in [0.1, 0.15) is 65.2 Å². The van der Waals surface area contributed by atoms with Crippen molar-refractivity contribution >= 4 is 0 Å². The molecule has 15 heavy (non-hydrogen) atoms. The van der Waals surface area contributed by atoms with Crippen molar-refractivity contribution in [1.29, 1.82) is 0 Å². The van der Waals surface area contributed by atoms with Gasteiger partial charge in [-0.2, -0.15) is 0 Å². The van der Waals surface area contributed by atoms with Crippen molar-refractivity contribution < 1.29 is 4.74 Å². The van der Waals surface area contributed by atoms with Crippen molar-refractivity contribution in [3.63, 3.8) is 0 Å². The summed E-state index contributed by atoms with van der Waals surface area (Å²) in [4.78, 5) is 0. The van der Waals surface area contributed by atoms with Crippen LogP contribution in [0.3, 0.4) is 0 Å². The molecule has 0 aromatic rings. The molecule has 0 aliphatic carbocycles. The highest BCUT2D eigenvalue weighted by molar-refractivity contribution is 4.90. The van der Waals surface area contributed by atoms with Crippen molar-refractivity contribution in [2.45, 2.75) is 70.8 Å². The van der Waals surface area contributed by atoms with Gasteiger partial charge >= 0.3 is 0 Å². The molecule has 0 aromatic carbocycles. The Morgan fingerprint density at radius 3 is 2.33 bits per heavy atom. The van der Waals surface area contributed by atoms with Crippen LogP contribution in [-0.4, -0.2) is 18.9 Å². The molecule has 1 aliphatic rings. The van der Waals surface area contributed by atoms with E-state index >= 15 is 0 Å². The smallest absolute Gasteiger partial charge is 0.0971 e. The van der Waals surface area contributed by atoms with E-state index in [0.717, 1.165) is 13.3 Å². The van der Waals surface area contributed by atoms with E-state index in [-0.39, 0.29) is 0 Å². The van der Waals surface area contributed by atoms with Crippen molar-refractivity contribution in [3.05, 3.63) is 0 Å². The number of nitrogens with one attached hydrogen (secondary N) is 1. The fourth-order valence-corrected chi connectivity index (χ4v) is 2.35. The first-order valence-electron chi connectivity index (χ1n) is 6.66. The van der Waals surface area contributed by atoms with Crippen LogP contribution in [0.25, 0.3) is 0 Å². The highest BCUT2D eigenvalue weighted by Gasteiger charge is 2.32. The highest BCUT2D eigenvalue weighted by atomic mass is 16.5. The van der Waals surface area contributed by atoms with E-state index in [9.17, 15) is 0 Å². The van der Waals surface area contributed by atoms with Crippen LogP contribution in [0.15, 0.2) is 0 Å². The molecule has 0 spiro atoms. The Balaban J connectivity index is 2.23. The van der Waals surface area contributed by atoms with Crippen LogP contribution in [0.5, 0.6) is 0 Å². The Bertz CT molecular complexity index is 153. The lowest BCUT2D eigenvalue weighted by Crippen LogP contribution is -2.42. The van der Waals surface area contributed by atoms with Gasteiger partial charge in [-0.1, -0.05) is 52.4 Å². The molecule has 2 heteroatoms.